The van der Waals surface area contributed by atoms with E-state index in [-0.39, 0.29) is 11.9 Å². The number of hydrogen-bond donors (Lipinski definition) is 1. The molecule has 0 saturated carbocycles. The van der Waals surface area contributed by atoms with Gasteiger partial charge in [0.15, 0.2) is 0 Å². The minimum Gasteiger partial charge on any atom is -0.310 e. The highest BCUT2D eigenvalue weighted by atomic mass is 19.1. The predicted octanol–water partition coefficient (Wildman–Crippen LogP) is 3.06. The number of pyridine rings is 1. The van der Waals surface area contributed by atoms with Crippen molar-refractivity contribution in [1.29, 1.82) is 0 Å². The second-order valence-electron chi connectivity index (χ2n) is 3.65. The summed E-state index contributed by atoms with van der Waals surface area (Å²) >= 11 is 0. The summed E-state index contributed by atoms with van der Waals surface area (Å²) in [5.74, 6) is -0.209. The highest BCUT2D eigenvalue weighted by Crippen LogP contribution is 2.21. The summed E-state index contributed by atoms with van der Waals surface area (Å²) in [7, 11) is 0. The molecule has 84 valence electrons. The van der Waals surface area contributed by atoms with E-state index in [1.54, 1.807) is 12.3 Å². The third-order valence-electron chi connectivity index (χ3n) is 2.48. The number of hydrogen-bond acceptors (Lipinski definition) is 2. The summed E-state index contributed by atoms with van der Waals surface area (Å²) in [5, 5.41) is 3.31. The van der Waals surface area contributed by atoms with Crippen molar-refractivity contribution in [3.05, 3.63) is 29.8 Å². The molecule has 1 atom stereocenters. The smallest absolute Gasteiger partial charge is 0.146 e. The van der Waals surface area contributed by atoms with Crippen LogP contribution in [0.2, 0.25) is 0 Å². The van der Waals surface area contributed by atoms with Gasteiger partial charge in [-0.2, -0.15) is 0 Å². The zero-order chi connectivity index (χ0) is 11.1. The first-order chi connectivity index (χ1) is 7.29. The molecule has 0 saturated heterocycles. The molecule has 1 aromatic rings. The number of unbranched alkanes of at least 4 members (excludes halogenated alkanes) is 1. The third kappa shape index (κ3) is 3.59. The van der Waals surface area contributed by atoms with Crippen molar-refractivity contribution in [1.82, 2.24) is 10.3 Å². The maximum absolute atomic E-state index is 13.5. The fraction of sp³-hybridized carbons (Fsp3) is 0.583. The van der Waals surface area contributed by atoms with Gasteiger partial charge in [-0.05, 0) is 19.0 Å². The number of aromatic nitrogens is 1. The van der Waals surface area contributed by atoms with Crippen LogP contribution in [0, 0.1) is 5.82 Å². The van der Waals surface area contributed by atoms with Gasteiger partial charge in [0.2, 0.25) is 0 Å². The molecule has 0 amide bonds. The lowest BCUT2D eigenvalue weighted by atomic mass is 10.0. The zero-order valence-corrected chi connectivity index (χ0v) is 9.46. The van der Waals surface area contributed by atoms with E-state index in [2.05, 4.69) is 17.2 Å². The molecule has 3 heteroatoms. The molecule has 0 fully saturated rings. The Hall–Kier alpha value is -0.960. The van der Waals surface area contributed by atoms with Crippen molar-refractivity contribution >= 4 is 0 Å². The topological polar surface area (TPSA) is 24.9 Å². The molecule has 1 heterocycles. The van der Waals surface area contributed by atoms with Gasteiger partial charge in [0, 0.05) is 17.8 Å². The molecule has 0 spiro atoms. The first-order valence-electron chi connectivity index (χ1n) is 5.62. The second kappa shape index (κ2) is 6.51. The highest BCUT2D eigenvalue weighted by molar-refractivity contribution is 5.17. The molecule has 0 radical (unpaired) electrons. The fourth-order valence-electron chi connectivity index (χ4n) is 1.69. The van der Waals surface area contributed by atoms with E-state index in [0.29, 0.717) is 0 Å². The number of nitrogens with one attached hydrogen (secondary N) is 1. The molecule has 1 aromatic heterocycles. The van der Waals surface area contributed by atoms with Gasteiger partial charge in [0.25, 0.3) is 0 Å². The summed E-state index contributed by atoms with van der Waals surface area (Å²) in [6.07, 6.45) is 6.15. The predicted molar refractivity (Wildman–Crippen MR) is 60.1 cm³/mol. The lowest BCUT2D eigenvalue weighted by Crippen LogP contribution is -2.21. The molecule has 15 heavy (non-hydrogen) atoms. The standard InChI is InChI=1S/C12H19FN2/c1-3-5-6-12(15-4-2)10-7-8-14-9-11(10)13/h7-9,12,15H,3-6H2,1-2H3. The molecule has 2 nitrogen and oxygen atoms in total. The Morgan fingerprint density at radius 2 is 2.27 bits per heavy atom. The molecule has 0 aliphatic heterocycles. The molecule has 0 aliphatic carbocycles. The monoisotopic (exact) mass is 210 g/mol. The Bertz CT molecular complexity index is 289. The van der Waals surface area contributed by atoms with Crippen LogP contribution in [0.5, 0.6) is 0 Å². The van der Waals surface area contributed by atoms with E-state index in [9.17, 15) is 4.39 Å². The van der Waals surface area contributed by atoms with Gasteiger partial charge >= 0.3 is 0 Å². The summed E-state index contributed by atoms with van der Waals surface area (Å²) < 4.78 is 13.5. The van der Waals surface area contributed by atoms with Crippen LogP contribution in [0.1, 0.15) is 44.7 Å². The van der Waals surface area contributed by atoms with Gasteiger partial charge in [0.1, 0.15) is 5.82 Å². The van der Waals surface area contributed by atoms with E-state index in [1.165, 1.54) is 6.20 Å². The Balaban J connectivity index is 2.74. The lowest BCUT2D eigenvalue weighted by molar-refractivity contribution is 0.468. The van der Waals surface area contributed by atoms with Crippen LogP contribution < -0.4 is 5.32 Å². The first kappa shape index (κ1) is 12.1. The molecule has 1 unspecified atom stereocenters. The quantitative estimate of drug-likeness (QED) is 0.780. The minimum atomic E-state index is -0.209. The molecule has 0 aliphatic rings. The van der Waals surface area contributed by atoms with E-state index in [1.807, 2.05) is 6.92 Å². The van der Waals surface area contributed by atoms with Crippen LogP contribution in [0.15, 0.2) is 18.5 Å². The van der Waals surface area contributed by atoms with E-state index in [0.717, 1.165) is 31.4 Å². The van der Waals surface area contributed by atoms with Crippen molar-refractivity contribution < 1.29 is 4.39 Å². The van der Waals surface area contributed by atoms with Gasteiger partial charge in [-0.3, -0.25) is 4.98 Å². The Morgan fingerprint density at radius 1 is 1.47 bits per heavy atom. The first-order valence-corrected chi connectivity index (χ1v) is 5.62. The number of nitrogens with zero attached hydrogens (tertiary/aromatic N) is 1. The van der Waals surface area contributed by atoms with E-state index in [4.69, 9.17) is 0 Å². The number of halogens is 1. The summed E-state index contributed by atoms with van der Waals surface area (Å²) in [6, 6.07) is 1.89. The van der Waals surface area contributed by atoms with Crippen LogP contribution in [0.4, 0.5) is 4.39 Å². The normalized spacial score (nSPS) is 12.7. The minimum absolute atomic E-state index is 0.123. The lowest BCUT2D eigenvalue weighted by Gasteiger charge is -2.18. The molecular weight excluding hydrogens is 191 g/mol. The summed E-state index contributed by atoms with van der Waals surface area (Å²) in [6.45, 7) is 5.04. The van der Waals surface area contributed by atoms with E-state index < -0.39 is 0 Å². The SMILES string of the molecule is CCCCC(NCC)c1ccncc1F. The maximum atomic E-state index is 13.5. The highest BCUT2D eigenvalue weighted by Gasteiger charge is 2.13. The van der Waals surface area contributed by atoms with Crippen molar-refractivity contribution in [2.45, 2.75) is 39.2 Å². The van der Waals surface area contributed by atoms with Crippen LogP contribution >= 0.6 is 0 Å². The van der Waals surface area contributed by atoms with Crippen LogP contribution in [0.3, 0.4) is 0 Å². The molecule has 1 rings (SSSR count). The summed E-state index contributed by atoms with van der Waals surface area (Å²) in [4.78, 5) is 3.76. The second-order valence-corrected chi connectivity index (χ2v) is 3.65. The van der Waals surface area contributed by atoms with Gasteiger partial charge in [-0.15, -0.1) is 0 Å². The molecule has 1 N–H and O–H groups in total. The largest absolute Gasteiger partial charge is 0.310 e. The van der Waals surface area contributed by atoms with Crippen molar-refractivity contribution in [3.8, 4) is 0 Å². The third-order valence-corrected chi connectivity index (χ3v) is 2.48. The fourth-order valence-corrected chi connectivity index (χ4v) is 1.69. The molecule has 0 bridgehead atoms. The van der Waals surface area contributed by atoms with Crippen LogP contribution in [-0.4, -0.2) is 11.5 Å². The Labute approximate surface area is 90.9 Å². The molecule has 0 aromatic carbocycles. The van der Waals surface area contributed by atoms with Gasteiger partial charge in [-0.1, -0.05) is 26.7 Å². The maximum Gasteiger partial charge on any atom is 0.146 e. The van der Waals surface area contributed by atoms with Crippen molar-refractivity contribution in [2.24, 2.45) is 0 Å². The van der Waals surface area contributed by atoms with Gasteiger partial charge < -0.3 is 5.32 Å². The number of rotatable bonds is 6. The zero-order valence-electron chi connectivity index (χ0n) is 9.46. The van der Waals surface area contributed by atoms with Crippen LogP contribution in [-0.2, 0) is 0 Å². The van der Waals surface area contributed by atoms with Crippen LogP contribution in [0.25, 0.3) is 0 Å². The summed E-state index contributed by atoms with van der Waals surface area (Å²) in [5.41, 5.74) is 0.736. The van der Waals surface area contributed by atoms with E-state index >= 15 is 0 Å². The Kier molecular flexibility index (Phi) is 5.26. The average Bonchev–Trinajstić information content (AvgIpc) is 2.25. The van der Waals surface area contributed by atoms with Gasteiger partial charge in [-0.25, -0.2) is 4.39 Å². The van der Waals surface area contributed by atoms with Gasteiger partial charge in [0.05, 0.1) is 6.20 Å². The van der Waals surface area contributed by atoms with Crippen molar-refractivity contribution in [2.75, 3.05) is 6.54 Å². The van der Waals surface area contributed by atoms with Crippen molar-refractivity contribution in [3.63, 3.8) is 0 Å². The Morgan fingerprint density at radius 3 is 2.87 bits per heavy atom. The molecular formula is C12H19FN2. The average molecular weight is 210 g/mol.